The number of carbonyl (C=O) groups excluding carboxylic acids is 3. The van der Waals surface area contributed by atoms with E-state index in [1.54, 1.807) is 13.0 Å². The van der Waals surface area contributed by atoms with Crippen molar-refractivity contribution in [2.75, 3.05) is 19.7 Å². The molecule has 3 N–H and O–H groups in total. The van der Waals surface area contributed by atoms with E-state index in [0.29, 0.717) is 58.2 Å². The van der Waals surface area contributed by atoms with E-state index in [2.05, 4.69) is 5.32 Å². The van der Waals surface area contributed by atoms with Gasteiger partial charge in [-0.3, -0.25) is 14.4 Å². The summed E-state index contributed by atoms with van der Waals surface area (Å²) in [5, 5.41) is 24.3. The van der Waals surface area contributed by atoms with Crippen molar-refractivity contribution in [3.63, 3.8) is 0 Å². The lowest BCUT2D eigenvalue weighted by molar-refractivity contribution is -0.172. The highest BCUT2D eigenvalue weighted by atomic mass is 35.5. The number of aryl methyl sites for hydroxylation is 1. The Bertz CT molecular complexity index is 1810. The molecule has 0 saturated carbocycles. The summed E-state index contributed by atoms with van der Waals surface area (Å²) in [6, 6.07) is 2.22. The Morgan fingerprint density at radius 2 is 2.02 bits per heavy atom. The molecule has 2 aromatic heterocycles. The first-order chi connectivity index (χ1) is 21.0. The number of cyclic esters (lactones) is 1. The average molecular weight is 627 g/mol. The molecule has 2 aliphatic heterocycles. The number of aliphatic hydroxyl groups excluding tert-OH is 1. The summed E-state index contributed by atoms with van der Waals surface area (Å²) in [5.74, 6) is -2.16. The molecule has 2 atom stereocenters. The number of pyridine rings is 2. The number of benzene rings is 1. The number of amides is 2. The summed E-state index contributed by atoms with van der Waals surface area (Å²) in [7, 11) is 0. The van der Waals surface area contributed by atoms with Gasteiger partial charge in [0.15, 0.2) is 5.60 Å². The topological polar surface area (TPSA) is 151 Å². The highest BCUT2D eigenvalue weighted by molar-refractivity contribution is 6.32. The monoisotopic (exact) mass is 626 g/mol. The zero-order valence-electron chi connectivity index (χ0n) is 24.3. The van der Waals surface area contributed by atoms with Crippen molar-refractivity contribution in [1.29, 1.82) is 0 Å². The average Bonchev–Trinajstić information content (AvgIpc) is 3.37. The maximum Gasteiger partial charge on any atom is 0.343 e. The molecule has 1 aliphatic carbocycles. The summed E-state index contributed by atoms with van der Waals surface area (Å²) in [4.78, 5) is 58.3. The third kappa shape index (κ3) is 4.58. The van der Waals surface area contributed by atoms with E-state index in [4.69, 9.17) is 21.3 Å². The van der Waals surface area contributed by atoms with Gasteiger partial charge in [0.25, 0.3) is 5.56 Å². The third-order valence-corrected chi connectivity index (χ3v) is 9.31. The van der Waals surface area contributed by atoms with Crippen molar-refractivity contribution in [2.45, 2.75) is 70.7 Å². The minimum absolute atomic E-state index is 0.0137. The van der Waals surface area contributed by atoms with Crippen LogP contribution in [-0.4, -0.2) is 62.1 Å². The quantitative estimate of drug-likeness (QED) is 0.253. The van der Waals surface area contributed by atoms with Crippen LogP contribution in [0.1, 0.15) is 73.4 Å². The number of hydrogen-bond acceptors (Lipinski definition) is 8. The first-order valence-electron chi connectivity index (χ1n) is 14.7. The van der Waals surface area contributed by atoms with Gasteiger partial charge in [-0.05, 0) is 42.9 Å². The first kappa shape index (κ1) is 30.2. The maximum atomic E-state index is 15.0. The van der Waals surface area contributed by atoms with Gasteiger partial charge in [0.1, 0.15) is 12.4 Å². The summed E-state index contributed by atoms with van der Waals surface area (Å²) >= 11 is 6.43. The number of aliphatic hydroxyl groups is 2. The highest BCUT2D eigenvalue weighted by Gasteiger charge is 2.46. The number of carbonyl (C=O) groups is 3. The Morgan fingerprint density at radius 3 is 2.73 bits per heavy atom. The predicted molar refractivity (Wildman–Crippen MR) is 157 cm³/mol. The molecule has 3 aromatic rings. The molecule has 6 rings (SSSR count). The molecule has 232 valence electrons. The van der Waals surface area contributed by atoms with Crippen LogP contribution in [0.2, 0.25) is 5.02 Å². The van der Waals surface area contributed by atoms with Gasteiger partial charge in [-0.1, -0.05) is 25.4 Å². The van der Waals surface area contributed by atoms with Gasteiger partial charge in [0, 0.05) is 35.5 Å². The summed E-state index contributed by atoms with van der Waals surface area (Å²) < 4.78 is 21.7. The van der Waals surface area contributed by atoms with E-state index >= 15 is 4.39 Å². The number of ether oxygens (including phenoxy) is 1. The molecule has 11 nitrogen and oxygen atoms in total. The Labute approximate surface area is 256 Å². The van der Waals surface area contributed by atoms with E-state index in [1.807, 2.05) is 6.92 Å². The normalized spacial score (nSPS) is 19.7. The van der Waals surface area contributed by atoms with Gasteiger partial charge >= 0.3 is 5.97 Å². The molecule has 0 saturated heterocycles. The van der Waals surface area contributed by atoms with Crippen molar-refractivity contribution in [3.8, 4) is 11.4 Å². The molecular formula is C31H32ClFN4O7. The lowest BCUT2D eigenvalue weighted by Gasteiger charge is -2.31. The molecule has 2 amide bonds. The summed E-state index contributed by atoms with van der Waals surface area (Å²) in [6.07, 6.45) is 1.55. The van der Waals surface area contributed by atoms with E-state index in [1.165, 1.54) is 15.5 Å². The predicted octanol–water partition coefficient (Wildman–Crippen LogP) is 2.60. The molecular weight excluding hydrogens is 595 g/mol. The van der Waals surface area contributed by atoms with Crippen molar-refractivity contribution < 1.29 is 33.7 Å². The van der Waals surface area contributed by atoms with Crippen LogP contribution >= 0.6 is 11.6 Å². The number of nitrogens with one attached hydrogen (secondary N) is 1. The lowest BCUT2D eigenvalue weighted by atomic mass is 9.83. The second-order valence-corrected chi connectivity index (χ2v) is 11.8. The fourth-order valence-electron chi connectivity index (χ4n) is 6.70. The fourth-order valence-corrected chi connectivity index (χ4v) is 6.94. The first-order valence-corrected chi connectivity index (χ1v) is 15.1. The largest absolute Gasteiger partial charge is 0.458 e. The number of halogens is 2. The van der Waals surface area contributed by atoms with Crippen molar-refractivity contribution >= 4 is 40.3 Å². The maximum absolute atomic E-state index is 15.0. The van der Waals surface area contributed by atoms with Crippen LogP contribution in [0.5, 0.6) is 0 Å². The molecule has 4 heterocycles. The Balaban J connectivity index is 1.49. The highest BCUT2D eigenvalue weighted by Crippen LogP contribution is 2.46. The van der Waals surface area contributed by atoms with Gasteiger partial charge in [-0.15, -0.1) is 0 Å². The zero-order valence-corrected chi connectivity index (χ0v) is 25.1. The van der Waals surface area contributed by atoms with Crippen LogP contribution in [0.15, 0.2) is 16.9 Å². The minimum Gasteiger partial charge on any atom is -0.458 e. The number of hydrogen-bond donors (Lipinski definition) is 3. The van der Waals surface area contributed by atoms with E-state index in [0.717, 1.165) is 0 Å². The van der Waals surface area contributed by atoms with Gasteiger partial charge in [0.2, 0.25) is 11.8 Å². The molecule has 0 spiro atoms. The number of aromatic nitrogens is 2. The van der Waals surface area contributed by atoms with Crippen LogP contribution in [0, 0.1) is 5.82 Å². The Kier molecular flexibility index (Phi) is 7.71. The van der Waals surface area contributed by atoms with Crippen LogP contribution in [0.4, 0.5) is 4.39 Å². The van der Waals surface area contributed by atoms with Crippen LogP contribution in [0.3, 0.4) is 0 Å². The van der Waals surface area contributed by atoms with E-state index < -0.39 is 34.9 Å². The molecule has 13 heteroatoms. The number of fused-ring (bicyclic) bond motifs is 5. The van der Waals surface area contributed by atoms with Crippen molar-refractivity contribution in [2.24, 2.45) is 0 Å². The molecule has 1 unspecified atom stereocenters. The van der Waals surface area contributed by atoms with Gasteiger partial charge in [-0.25, -0.2) is 14.2 Å². The number of esters is 1. The molecule has 1 aromatic carbocycles. The molecule has 44 heavy (non-hydrogen) atoms. The van der Waals surface area contributed by atoms with Crippen molar-refractivity contribution in [1.82, 2.24) is 19.8 Å². The number of nitrogens with zero attached hydrogens (tertiary/aromatic N) is 3. The number of rotatable bonds is 8. The Morgan fingerprint density at radius 1 is 1.25 bits per heavy atom. The zero-order chi connectivity index (χ0) is 31.5. The van der Waals surface area contributed by atoms with Gasteiger partial charge < -0.3 is 29.7 Å². The smallest absolute Gasteiger partial charge is 0.343 e. The second kappa shape index (κ2) is 11.2. The fraction of sp³-hybridized carbons (Fsp3) is 0.452. The van der Waals surface area contributed by atoms with Gasteiger partial charge in [-0.2, -0.15) is 0 Å². The molecule has 3 aliphatic rings. The Hall–Kier alpha value is -3.87. The molecule has 0 bridgehead atoms. The van der Waals surface area contributed by atoms with Crippen molar-refractivity contribution in [3.05, 3.63) is 61.1 Å². The molecule has 0 radical (unpaired) electrons. The third-order valence-electron chi connectivity index (χ3n) is 8.90. The summed E-state index contributed by atoms with van der Waals surface area (Å²) in [6.45, 7) is 2.75. The SMILES string of the molecule is CCCC(=O)N(CCO)CC(=O)NC1CCc2c(Cl)c(F)cc3nc4c(c1c23)Cn1c-4cc2c(c1=O)COC(=O)[C@]2(O)CC. The molecule has 0 fully saturated rings. The van der Waals surface area contributed by atoms with Crippen LogP contribution < -0.4 is 10.9 Å². The van der Waals surface area contributed by atoms with Crippen LogP contribution in [0.25, 0.3) is 22.3 Å². The van der Waals surface area contributed by atoms with E-state index in [-0.39, 0.29) is 67.7 Å². The lowest BCUT2D eigenvalue weighted by Crippen LogP contribution is -2.44. The van der Waals surface area contributed by atoms with Crippen LogP contribution in [-0.2, 0) is 44.3 Å². The van der Waals surface area contributed by atoms with Gasteiger partial charge in [0.05, 0.1) is 53.2 Å². The summed E-state index contributed by atoms with van der Waals surface area (Å²) in [5.41, 5.74) is 0.734. The minimum atomic E-state index is -2.00. The standard InChI is InChI=1S/C31H32ClFN4O7/c1-3-5-24(40)36(8-9-38)13-23(39)34-20-7-6-15-25-21(11-19(33)27(15)32)35-28-16(26(20)25)12-37-22(28)10-18-17(29(37)41)14-44-30(42)31(18,43)4-2/h10-11,20,38,43H,3-9,12-14H2,1-2H3,(H,34,39)/t20?,31-/m0/s1. The van der Waals surface area contributed by atoms with E-state index in [9.17, 15) is 29.4 Å². The second-order valence-electron chi connectivity index (χ2n) is 11.4.